The predicted octanol–water partition coefficient (Wildman–Crippen LogP) is 4.97. The van der Waals surface area contributed by atoms with Crippen LogP contribution < -0.4 is 10.1 Å². The smallest absolute Gasteiger partial charge is 0.276 e. The highest BCUT2D eigenvalue weighted by atomic mass is 79.9. The summed E-state index contributed by atoms with van der Waals surface area (Å²) in [6, 6.07) is 13.3. The summed E-state index contributed by atoms with van der Waals surface area (Å²) in [4.78, 5) is 25.7. The molecule has 0 atom stereocenters. The first kappa shape index (κ1) is 17.8. The van der Waals surface area contributed by atoms with Gasteiger partial charge in [-0.2, -0.15) is 0 Å². The Morgan fingerprint density at radius 3 is 2.62 bits per heavy atom. The van der Waals surface area contributed by atoms with Gasteiger partial charge in [-0.1, -0.05) is 18.2 Å². The minimum atomic E-state index is -0.337. The van der Waals surface area contributed by atoms with Crippen LogP contribution in [0.1, 0.15) is 29.4 Å². The second kappa shape index (κ2) is 7.29. The zero-order chi connectivity index (χ0) is 19.8. The molecule has 7 nitrogen and oxygen atoms in total. The Morgan fingerprint density at radius 1 is 1.07 bits per heavy atom. The summed E-state index contributed by atoms with van der Waals surface area (Å²) in [5.41, 5.74) is 1.08. The number of hydrogen-bond acceptors (Lipinski definition) is 5. The van der Waals surface area contributed by atoms with E-state index in [0.717, 1.165) is 28.7 Å². The number of nitrogens with zero attached hydrogens (tertiary/aromatic N) is 4. The summed E-state index contributed by atoms with van der Waals surface area (Å²) in [7, 11) is 0. The van der Waals surface area contributed by atoms with Crippen molar-refractivity contribution in [3.05, 3.63) is 71.4 Å². The van der Waals surface area contributed by atoms with Crippen LogP contribution in [-0.4, -0.2) is 25.4 Å². The molecule has 1 aromatic carbocycles. The van der Waals surface area contributed by atoms with Crippen molar-refractivity contribution in [3.63, 3.8) is 0 Å². The average molecular weight is 450 g/mol. The molecule has 1 aliphatic rings. The Labute approximate surface area is 174 Å². The fourth-order valence-corrected chi connectivity index (χ4v) is 3.74. The van der Waals surface area contributed by atoms with Crippen molar-refractivity contribution in [2.75, 3.05) is 5.32 Å². The third-order valence-electron chi connectivity index (χ3n) is 4.68. The van der Waals surface area contributed by atoms with Crippen molar-refractivity contribution >= 4 is 38.7 Å². The lowest BCUT2D eigenvalue weighted by atomic mass is 10.2. The number of benzene rings is 1. The second-order valence-electron chi connectivity index (χ2n) is 6.78. The van der Waals surface area contributed by atoms with Crippen LogP contribution in [0.2, 0.25) is 0 Å². The molecular formula is C21H16BrN5O2. The minimum absolute atomic E-state index is 0.313. The van der Waals surface area contributed by atoms with Crippen LogP contribution in [0.25, 0.3) is 11.0 Å². The van der Waals surface area contributed by atoms with Gasteiger partial charge >= 0.3 is 0 Å². The molecule has 1 saturated carbocycles. The van der Waals surface area contributed by atoms with Crippen molar-refractivity contribution in [1.82, 2.24) is 19.5 Å². The van der Waals surface area contributed by atoms with Gasteiger partial charge in [0.2, 0.25) is 0 Å². The van der Waals surface area contributed by atoms with Crippen molar-refractivity contribution in [1.29, 1.82) is 0 Å². The normalized spacial score (nSPS) is 13.4. The molecule has 1 aliphatic carbocycles. The van der Waals surface area contributed by atoms with Gasteiger partial charge in [0.05, 0.1) is 11.6 Å². The van der Waals surface area contributed by atoms with Gasteiger partial charge in [-0.05, 0) is 53.0 Å². The number of carbonyl (C=O) groups is 1. The molecule has 5 rings (SSSR count). The van der Waals surface area contributed by atoms with Crippen LogP contribution in [-0.2, 0) is 0 Å². The van der Waals surface area contributed by atoms with Crippen LogP contribution in [0, 0.1) is 0 Å². The number of nitrogens with one attached hydrogen (secondary N) is 1. The number of amides is 1. The predicted molar refractivity (Wildman–Crippen MR) is 112 cm³/mol. The van der Waals surface area contributed by atoms with Gasteiger partial charge in [-0.25, -0.2) is 15.0 Å². The molecule has 3 aromatic heterocycles. The Kier molecular flexibility index (Phi) is 4.48. The molecule has 4 aromatic rings. The molecule has 0 unspecified atom stereocenters. The van der Waals surface area contributed by atoms with Gasteiger partial charge in [-0.15, -0.1) is 0 Å². The van der Waals surface area contributed by atoms with Crippen molar-refractivity contribution in [2.24, 2.45) is 0 Å². The topological polar surface area (TPSA) is 81.9 Å². The summed E-state index contributed by atoms with van der Waals surface area (Å²) in [5.74, 6) is 1.39. The fraction of sp³-hybridized carbons (Fsp3) is 0.143. The number of aromatic nitrogens is 4. The zero-order valence-corrected chi connectivity index (χ0v) is 16.8. The van der Waals surface area contributed by atoms with Crippen molar-refractivity contribution in [3.8, 4) is 11.5 Å². The van der Waals surface area contributed by atoms with Crippen LogP contribution >= 0.6 is 15.9 Å². The maximum absolute atomic E-state index is 12.8. The fourth-order valence-electron chi connectivity index (χ4n) is 3.16. The number of carbonyl (C=O) groups excluding carboxylic acids is 1. The van der Waals surface area contributed by atoms with E-state index in [0.29, 0.717) is 28.7 Å². The zero-order valence-electron chi connectivity index (χ0n) is 15.2. The highest BCUT2D eigenvalue weighted by Crippen LogP contribution is 2.40. The maximum atomic E-state index is 12.8. The highest BCUT2D eigenvalue weighted by molar-refractivity contribution is 9.10. The number of fused-ring (bicyclic) bond motifs is 1. The lowest BCUT2D eigenvalue weighted by Crippen LogP contribution is -2.15. The van der Waals surface area contributed by atoms with Crippen LogP contribution in [0.4, 0.5) is 5.82 Å². The summed E-state index contributed by atoms with van der Waals surface area (Å²) in [6.45, 7) is 0. The van der Waals surface area contributed by atoms with Crippen LogP contribution in [0.15, 0.2) is 65.7 Å². The van der Waals surface area contributed by atoms with E-state index in [4.69, 9.17) is 4.74 Å². The maximum Gasteiger partial charge on any atom is 0.276 e. The van der Waals surface area contributed by atoms with Crippen LogP contribution in [0.5, 0.6) is 11.5 Å². The first-order valence-corrected chi connectivity index (χ1v) is 9.99. The van der Waals surface area contributed by atoms with Gasteiger partial charge in [0, 0.05) is 16.7 Å². The van der Waals surface area contributed by atoms with Gasteiger partial charge in [0.25, 0.3) is 5.91 Å². The second-order valence-corrected chi connectivity index (χ2v) is 7.64. The largest absolute Gasteiger partial charge is 0.456 e. The molecule has 29 heavy (non-hydrogen) atoms. The number of para-hydroxylation sites is 1. The molecule has 1 amide bonds. The Hall–Kier alpha value is -3.26. The molecule has 8 heteroatoms. The molecular weight excluding hydrogens is 434 g/mol. The summed E-state index contributed by atoms with van der Waals surface area (Å²) >= 11 is 3.55. The third kappa shape index (κ3) is 3.58. The number of anilines is 1. The lowest BCUT2D eigenvalue weighted by molar-refractivity contribution is 0.102. The Balaban J connectivity index is 1.36. The van der Waals surface area contributed by atoms with Crippen molar-refractivity contribution < 1.29 is 9.53 Å². The molecule has 3 heterocycles. The summed E-state index contributed by atoms with van der Waals surface area (Å²) < 4.78 is 8.64. The summed E-state index contributed by atoms with van der Waals surface area (Å²) in [6.07, 6.45) is 7.22. The molecule has 1 fully saturated rings. The number of pyridine rings is 1. The van der Waals surface area contributed by atoms with Crippen LogP contribution in [0.3, 0.4) is 0 Å². The molecule has 1 N–H and O–H groups in total. The quantitative estimate of drug-likeness (QED) is 0.465. The standard InChI is InChI=1S/C21H16BrN5O2/c22-16-11-27(13-6-7-13)20-18(16)19(24-12-25-20)21(28)26-17-9-8-15(10-23-17)29-14-4-2-1-3-5-14/h1-5,8-13H,6-7H2,(H,23,26,28). The molecule has 0 radical (unpaired) electrons. The Morgan fingerprint density at radius 2 is 1.90 bits per heavy atom. The lowest BCUT2D eigenvalue weighted by Gasteiger charge is -2.08. The van der Waals surface area contributed by atoms with E-state index in [1.807, 2.05) is 36.5 Å². The average Bonchev–Trinajstić information content (AvgIpc) is 3.53. The van der Waals surface area contributed by atoms with E-state index in [1.54, 1.807) is 18.3 Å². The van der Waals surface area contributed by atoms with Gasteiger partial charge in [0.1, 0.15) is 35.0 Å². The number of halogens is 1. The van der Waals surface area contributed by atoms with Crippen molar-refractivity contribution in [2.45, 2.75) is 18.9 Å². The molecule has 0 aliphatic heterocycles. The first-order valence-electron chi connectivity index (χ1n) is 9.20. The van der Waals surface area contributed by atoms with Gasteiger partial charge in [0.15, 0.2) is 0 Å². The van der Waals surface area contributed by atoms with E-state index < -0.39 is 0 Å². The summed E-state index contributed by atoms with van der Waals surface area (Å²) in [5, 5.41) is 3.51. The van der Waals surface area contributed by atoms with E-state index in [9.17, 15) is 4.79 Å². The first-order chi connectivity index (χ1) is 14.2. The van der Waals surface area contributed by atoms with Gasteiger partial charge < -0.3 is 14.6 Å². The van der Waals surface area contributed by atoms with E-state index >= 15 is 0 Å². The molecule has 0 bridgehead atoms. The monoisotopic (exact) mass is 449 g/mol. The third-order valence-corrected chi connectivity index (χ3v) is 5.28. The number of ether oxygens (including phenoxy) is 1. The van der Waals surface area contributed by atoms with Gasteiger partial charge in [-0.3, -0.25) is 4.79 Å². The molecule has 0 spiro atoms. The highest BCUT2D eigenvalue weighted by Gasteiger charge is 2.28. The SMILES string of the molecule is O=C(Nc1ccc(Oc2ccccc2)cn1)c1ncnc2c1c(Br)cn2C1CC1. The van der Waals surface area contributed by atoms with E-state index in [-0.39, 0.29) is 5.91 Å². The molecule has 0 saturated heterocycles. The number of hydrogen-bond donors (Lipinski definition) is 1. The van der Waals surface area contributed by atoms with E-state index in [2.05, 4.69) is 40.8 Å². The minimum Gasteiger partial charge on any atom is -0.456 e. The Bertz CT molecular complexity index is 1190. The number of rotatable bonds is 5. The van der Waals surface area contributed by atoms with E-state index in [1.165, 1.54) is 6.33 Å². The molecule has 144 valence electrons.